The number of hydrogen-bond donors (Lipinski definition) is 1. The van der Waals surface area contributed by atoms with Crippen LogP contribution in [0.25, 0.3) is 0 Å². The van der Waals surface area contributed by atoms with E-state index in [1.807, 2.05) is 0 Å². The molecular formula is C14H27NO2. The van der Waals surface area contributed by atoms with Crippen LogP contribution in [-0.4, -0.2) is 48.0 Å². The van der Waals surface area contributed by atoms with Gasteiger partial charge in [-0.3, -0.25) is 4.90 Å². The first-order chi connectivity index (χ1) is 7.88. The van der Waals surface area contributed by atoms with Crippen molar-refractivity contribution < 1.29 is 9.84 Å². The predicted octanol–water partition coefficient (Wildman–Crippen LogP) is 1.89. The summed E-state index contributed by atoms with van der Waals surface area (Å²) in [5, 5.41) is 10.3. The highest BCUT2D eigenvalue weighted by atomic mass is 16.5. The van der Waals surface area contributed by atoms with Gasteiger partial charge in [0.05, 0.1) is 18.3 Å². The van der Waals surface area contributed by atoms with Gasteiger partial charge in [0.25, 0.3) is 0 Å². The smallest absolute Gasteiger partial charge is 0.0678 e. The highest BCUT2D eigenvalue weighted by Crippen LogP contribution is 2.41. The normalized spacial score (nSPS) is 42.9. The second kappa shape index (κ2) is 4.87. The van der Waals surface area contributed by atoms with Gasteiger partial charge < -0.3 is 9.84 Å². The number of nitrogens with zero attached hydrogens (tertiary/aromatic N) is 1. The zero-order chi connectivity index (χ0) is 12.6. The largest absolute Gasteiger partial charge is 0.392 e. The topological polar surface area (TPSA) is 32.7 Å². The molecule has 2 fully saturated rings. The van der Waals surface area contributed by atoms with E-state index < -0.39 is 0 Å². The van der Waals surface area contributed by atoms with Gasteiger partial charge in [-0.05, 0) is 38.0 Å². The highest BCUT2D eigenvalue weighted by molar-refractivity contribution is 4.92. The first kappa shape index (κ1) is 13.3. The molecule has 4 unspecified atom stereocenters. The number of ether oxygens (including phenoxy) is 1. The molecule has 100 valence electrons. The van der Waals surface area contributed by atoms with Gasteiger partial charge >= 0.3 is 0 Å². The van der Waals surface area contributed by atoms with Crippen LogP contribution in [0.4, 0.5) is 0 Å². The molecule has 1 heterocycles. The molecule has 1 saturated carbocycles. The summed E-state index contributed by atoms with van der Waals surface area (Å²) in [6.45, 7) is 11.7. The minimum atomic E-state index is -0.143. The average Bonchev–Trinajstić information content (AvgIpc) is 2.44. The quantitative estimate of drug-likeness (QED) is 0.801. The number of morpholine rings is 1. The summed E-state index contributed by atoms with van der Waals surface area (Å²) in [4.78, 5) is 2.47. The molecule has 0 spiro atoms. The van der Waals surface area contributed by atoms with Gasteiger partial charge in [-0.15, -0.1) is 0 Å². The molecule has 1 N–H and O–H groups in total. The Bertz CT molecular complexity index is 257. The Labute approximate surface area is 105 Å². The Morgan fingerprint density at radius 2 is 1.82 bits per heavy atom. The molecule has 0 aromatic carbocycles. The molecule has 0 bridgehead atoms. The van der Waals surface area contributed by atoms with Gasteiger partial charge in [-0.2, -0.15) is 0 Å². The molecule has 3 nitrogen and oxygen atoms in total. The van der Waals surface area contributed by atoms with Crippen molar-refractivity contribution in [1.29, 1.82) is 0 Å². The third-order valence-corrected chi connectivity index (χ3v) is 4.39. The molecule has 2 rings (SSSR count). The van der Waals surface area contributed by atoms with E-state index in [2.05, 4.69) is 32.6 Å². The summed E-state index contributed by atoms with van der Waals surface area (Å²) in [5.74, 6) is 0.447. The molecule has 2 aliphatic rings. The second-order valence-electron chi connectivity index (χ2n) is 6.71. The Morgan fingerprint density at radius 3 is 2.29 bits per heavy atom. The summed E-state index contributed by atoms with van der Waals surface area (Å²) in [7, 11) is 0. The zero-order valence-corrected chi connectivity index (χ0v) is 11.6. The van der Waals surface area contributed by atoms with E-state index in [4.69, 9.17) is 4.74 Å². The summed E-state index contributed by atoms with van der Waals surface area (Å²) >= 11 is 0. The third kappa shape index (κ3) is 3.01. The maximum absolute atomic E-state index is 10.3. The molecule has 0 aromatic heterocycles. The standard InChI is InChI=1S/C14H27NO2/c1-10-7-15(8-11(2)17-10)9-12-5-6-14(3,4)13(12)16/h10-13,16H,5-9H2,1-4H3. The minimum Gasteiger partial charge on any atom is -0.392 e. The van der Waals surface area contributed by atoms with Crippen LogP contribution >= 0.6 is 0 Å². The molecule has 1 aliphatic heterocycles. The minimum absolute atomic E-state index is 0.105. The van der Waals surface area contributed by atoms with Crippen LogP contribution in [0.5, 0.6) is 0 Å². The number of aliphatic hydroxyl groups excluding tert-OH is 1. The number of aliphatic hydroxyl groups is 1. The molecule has 17 heavy (non-hydrogen) atoms. The van der Waals surface area contributed by atoms with Crippen LogP contribution < -0.4 is 0 Å². The SMILES string of the molecule is CC1CN(CC2CCC(C)(C)C2O)CC(C)O1. The van der Waals surface area contributed by atoms with Crippen LogP contribution in [-0.2, 0) is 4.74 Å². The van der Waals surface area contributed by atoms with Crippen molar-refractivity contribution in [1.82, 2.24) is 4.90 Å². The average molecular weight is 241 g/mol. The maximum Gasteiger partial charge on any atom is 0.0678 e. The van der Waals surface area contributed by atoms with E-state index in [0.29, 0.717) is 18.1 Å². The van der Waals surface area contributed by atoms with Crippen LogP contribution in [0.2, 0.25) is 0 Å². The van der Waals surface area contributed by atoms with Crippen molar-refractivity contribution in [3.05, 3.63) is 0 Å². The molecule has 0 amide bonds. The van der Waals surface area contributed by atoms with Crippen molar-refractivity contribution in [2.24, 2.45) is 11.3 Å². The fraction of sp³-hybridized carbons (Fsp3) is 1.00. The van der Waals surface area contributed by atoms with Crippen LogP contribution in [0.1, 0.15) is 40.5 Å². The van der Waals surface area contributed by atoms with E-state index in [9.17, 15) is 5.11 Å². The van der Waals surface area contributed by atoms with Gasteiger partial charge in [0.15, 0.2) is 0 Å². The lowest BCUT2D eigenvalue weighted by atomic mass is 9.87. The first-order valence-corrected chi connectivity index (χ1v) is 6.94. The summed E-state index contributed by atoms with van der Waals surface area (Å²) < 4.78 is 5.74. The zero-order valence-electron chi connectivity index (χ0n) is 11.6. The third-order valence-electron chi connectivity index (χ3n) is 4.39. The second-order valence-corrected chi connectivity index (χ2v) is 6.71. The molecule has 1 saturated heterocycles. The van der Waals surface area contributed by atoms with Crippen molar-refractivity contribution in [3.63, 3.8) is 0 Å². The first-order valence-electron chi connectivity index (χ1n) is 6.94. The molecule has 3 heteroatoms. The van der Waals surface area contributed by atoms with Crippen molar-refractivity contribution in [3.8, 4) is 0 Å². The predicted molar refractivity (Wildman–Crippen MR) is 69.0 cm³/mol. The van der Waals surface area contributed by atoms with Crippen LogP contribution in [0, 0.1) is 11.3 Å². The van der Waals surface area contributed by atoms with Gasteiger partial charge in [-0.1, -0.05) is 13.8 Å². The number of hydrogen-bond acceptors (Lipinski definition) is 3. The van der Waals surface area contributed by atoms with E-state index in [0.717, 1.165) is 32.5 Å². The Balaban J connectivity index is 1.89. The molecule has 0 radical (unpaired) electrons. The summed E-state index contributed by atoms with van der Waals surface area (Å²) in [6, 6.07) is 0. The van der Waals surface area contributed by atoms with Crippen LogP contribution in [0.15, 0.2) is 0 Å². The summed E-state index contributed by atoms with van der Waals surface area (Å²) in [5.41, 5.74) is 0.105. The van der Waals surface area contributed by atoms with Gasteiger partial charge in [-0.25, -0.2) is 0 Å². The molecule has 4 atom stereocenters. The molecule has 0 aromatic rings. The fourth-order valence-electron chi connectivity index (χ4n) is 3.46. The Kier molecular flexibility index (Phi) is 3.81. The number of rotatable bonds is 2. The fourth-order valence-corrected chi connectivity index (χ4v) is 3.46. The molecule has 1 aliphatic carbocycles. The van der Waals surface area contributed by atoms with E-state index in [-0.39, 0.29) is 11.5 Å². The lowest BCUT2D eigenvalue weighted by Crippen LogP contribution is -2.48. The van der Waals surface area contributed by atoms with Crippen molar-refractivity contribution >= 4 is 0 Å². The van der Waals surface area contributed by atoms with E-state index >= 15 is 0 Å². The van der Waals surface area contributed by atoms with Crippen LogP contribution in [0.3, 0.4) is 0 Å². The highest BCUT2D eigenvalue weighted by Gasteiger charge is 2.41. The van der Waals surface area contributed by atoms with E-state index in [1.165, 1.54) is 0 Å². The summed E-state index contributed by atoms with van der Waals surface area (Å²) in [6.07, 6.45) is 2.81. The maximum atomic E-state index is 10.3. The van der Waals surface area contributed by atoms with E-state index in [1.54, 1.807) is 0 Å². The van der Waals surface area contributed by atoms with Gasteiger partial charge in [0.1, 0.15) is 0 Å². The Morgan fingerprint density at radius 1 is 1.24 bits per heavy atom. The molecular weight excluding hydrogens is 214 g/mol. The lowest BCUT2D eigenvalue weighted by molar-refractivity contribution is -0.0771. The Hall–Kier alpha value is -0.120. The van der Waals surface area contributed by atoms with Crippen molar-refractivity contribution in [2.75, 3.05) is 19.6 Å². The van der Waals surface area contributed by atoms with Crippen molar-refractivity contribution in [2.45, 2.75) is 58.8 Å². The van der Waals surface area contributed by atoms with Gasteiger partial charge in [0.2, 0.25) is 0 Å². The lowest BCUT2D eigenvalue weighted by Gasteiger charge is -2.37. The monoisotopic (exact) mass is 241 g/mol. The van der Waals surface area contributed by atoms with Gasteiger partial charge in [0, 0.05) is 19.6 Å².